The predicted octanol–water partition coefficient (Wildman–Crippen LogP) is 2.66. The summed E-state index contributed by atoms with van der Waals surface area (Å²) in [5.41, 5.74) is -0.787. The highest BCUT2D eigenvalue weighted by atomic mass is 16.4. The van der Waals surface area contributed by atoms with Crippen LogP contribution in [-0.2, 0) is 4.79 Å². The highest BCUT2D eigenvalue weighted by Gasteiger charge is 2.49. The van der Waals surface area contributed by atoms with E-state index in [1.807, 2.05) is 20.8 Å². The summed E-state index contributed by atoms with van der Waals surface area (Å²) in [5, 5.41) is 9.51. The number of hydrogen-bond acceptors (Lipinski definition) is 2. The number of carbonyl (C=O) groups is 2. The summed E-state index contributed by atoms with van der Waals surface area (Å²) >= 11 is 0. The Morgan fingerprint density at radius 3 is 2.35 bits per heavy atom. The molecule has 2 amide bonds. The zero-order valence-electron chi connectivity index (χ0n) is 13.3. The minimum atomic E-state index is -0.787. The molecule has 1 N–H and O–H groups in total. The molecule has 1 heterocycles. The highest BCUT2D eigenvalue weighted by Crippen LogP contribution is 2.38. The minimum absolute atomic E-state index is 0.0242. The molecule has 0 spiro atoms. The fourth-order valence-electron chi connectivity index (χ4n) is 2.91. The zero-order chi connectivity index (χ0) is 15.5. The van der Waals surface area contributed by atoms with E-state index in [-0.39, 0.29) is 18.0 Å². The van der Waals surface area contributed by atoms with E-state index in [1.165, 1.54) is 0 Å². The number of hydrogen-bond donors (Lipinski definition) is 1. The van der Waals surface area contributed by atoms with Crippen LogP contribution >= 0.6 is 0 Å². The van der Waals surface area contributed by atoms with Crippen molar-refractivity contribution in [3.63, 3.8) is 0 Å². The molecule has 5 heteroatoms. The van der Waals surface area contributed by atoms with Crippen molar-refractivity contribution in [3.05, 3.63) is 0 Å². The van der Waals surface area contributed by atoms with Crippen LogP contribution in [0.3, 0.4) is 0 Å². The summed E-state index contributed by atoms with van der Waals surface area (Å²) < 4.78 is 0. The largest absolute Gasteiger partial charge is 0.481 e. The number of rotatable bonds is 5. The quantitative estimate of drug-likeness (QED) is 0.844. The van der Waals surface area contributed by atoms with Crippen molar-refractivity contribution in [3.8, 4) is 0 Å². The maximum Gasteiger partial charge on any atom is 0.320 e. The monoisotopic (exact) mass is 284 g/mol. The second-order valence-corrected chi connectivity index (χ2v) is 6.32. The van der Waals surface area contributed by atoms with E-state index in [0.29, 0.717) is 19.5 Å². The van der Waals surface area contributed by atoms with Crippen molar-refractivity contribution in [2.24, 2.45) is 11.3 Å². The van der Waals surface area contributed by atoms with Crippen molar-refractivity contribution >= 4 is 12.0 Å². The van der Waals surface area contributed by atoms with Crippen molar-refractivity contribution in [1.29, 1.82) is 0 Å². The van der Waals surface area contributed by atoms with Crippen LogP contribution in [0.4, 0.5) is 4.79 Å². The molecule has 0 aromatic heterocycles. The average Bonchev–Trinajstić information content (AvgIpc) is 2.83. The Hall–Kier alpha value is -1.26. The van der Waals surface area contributed by atoms with Gasteiger partial charge in [0.25, 0.3) is 0 Å². The van der Waals surface area contributed by atoms with Crippen LogP contribution in [0.5, 0.6) is 0 Å². The number of amides is 2. The van der Waals surface area contributed by atoms with E-state index < -0.39 is 11.4 Å². The van der Waals surface area contributed by atoms with Gasteiger partial charge in [0, 0.05) is 26.2 Å². The van der Waals surface area contributed by atoms with Gasteiger partial charge in [-0.05, 0) is 25.7 Å². The second kappa shape index (κ2) is 6.46. The molecule has 0 aliphatic carbocycles. The van der Waals surface area contributed by atoms with Gasteiger partial charge in [0.05, 0.1) is 5.41 Å². The zero-order valence-corrected chi connectivity index (χ0v) is 13.3. The summed E-state index contributed by atoms with van der Waals surface area (Å²) in [6.45, 7) is 8.83. The highest BCUT2D eigenvalue weighted by molar-refractivity contribution is 5.80. The van der Waals surface area contributed by atoms with E-state index in [2.05, 4.69) is 6.92 Å². The van der Waals surface area contributed by atoms with Crippen molar-refractivity contribution in [2.75, 3.05) is 20.1 Å². The van der Waals surface area contributed by atoms with Gasteiger partial charge in [0.15, 0.2) is 0 Å². The maximum absolute atomic E-state index is 12.5. The Morgan fingerprint density at radius 2 is 1.95 bits per heavy atom. The fourth-order valence-corrected chi connectivity index (χ4v) is 2.91. The molecule has 2 unspecified atom stereocenters. The molecule has 0 aromatic carbocycles. The number of likely N-dealkylation sites (tertiary alicyclic amines) is 1. The summed E-state index contributed by atoms with van der Waals surface area (Å²) in [6, 6.07) is 0.140. The number of carbonyl (C=O) groups excluding carboxylic acids is 1. The lowest BCUT2D eigenvalue weighted by molar-refractivity contribution is -0.150. The van der Waals surface area contributed by atoms with E-state index in [9.17, 15) is 14.7 Å². The summed E-state index contributed by atoms with van der Waals surface area (Å²) in [6.07, 6.45) is 2.54. The number of carboxylic acids is 1. The lowest BCUT2D eigenvalue weighted by Crippen LogP contribution is -2.46. The van der Waals surface area contributed by atoms with Crippen molar-refractivity contribution in [2.45, 2.75) is 53.0 Å². The third-order valence-electron chi connectivity index (χ3n) is 4.77. The number of carboxylic acid groups (broad SMARTS) is 1. The molecule has 0 saturated carbocycles. The van der Waals surface area contributed by atoms with Crippen molar-refractivity contribution < 1.29 is 14.7 Å². The first-order chi connectivity index (χ1) is 9.26. The smallest absolute Gasteiger partial charge is 0.320 e. The maximum atomic E-state index is 12.5. The van der Waals surface area contributed by atoms with Gasteiger partial charge in [-0.1, -0.05) is 27.2 Å². The summed E-state index contributed by atoms with van der Waals surface area (Å²) in [5.74, 6) is -0.761. The molecule has 1 aliphatic heterocycles. The topological polar surface area (TPSA) is 60.9 Å². The average molecular weight is 284 g/mol. The van der Waals surface area contributed by atoms with Gasteiger partial charge in [-0.15, -0.1) is 0 Å². The SMILES string of the molecule is CCCC(C)N(C)C(=O)N1CCC(C(=O)O)(C(C)C)C1. The van der Waals surface area contributed by atoms with Gasteiger partial charge in [-0.3, -0.25) is 4.79 Å². The van der Waals surface area contributed by atoms with E-state index in [0.717, 1.165) is 12.8 Å². The first kappa shape index (κ1) is 16.8. The van der Waals surface area contributed by atoms with Gasteiger partial charge in [0.2, 0.25) is 0 Å². The third-order valence-corrected chi connectivity index (χ3v) is 4.77. The van der Waals surface area contributed by atoms with Gasteiger partial charge >= 0.3 is 12.0 Å². The van der Waals surface area contributed by atoms with E-state index >= 15 is 0 Å². The number of aliphatic carboxylic acids is 1. The molecular weight excluding hydrogens is 256 g/mol. The second-order valence-electron chi connectivity index (χ2n) is 6.32. The van der Waals surface area contributed by atoms with Gasteiger partial charge in [-0.25, -0.2) is 4.79 Å². The van der Waals surface area contributed by atoms with E-state index in [1.54, 1.807) is 16.8 Å². The number of urea groups is 1. The van der Waals surface area contributed by atoms with E-state index in [4.69, 9.17) is 0 Å². The van der Waals surface area contributed by atoms with Crippen LogP contribution in [0.2, 0.25) is 0 Å². The van der Waals surface area contributed by atoms with Gasteiger partial charge < -0.3 is 14.9 Å². The molecule has 0 aromatic rings. The van der Waals surface area contributed by atoms with Gasteiger partial charge in [0.1, 0.15) is 0 Å². The Kier molecular flexibility index (Phi) is 5.42. The lowest BCUT2D eigenvalue weighted by atomic mass is 9.76. The molecule has 116 valence electrons. The Morgan fingerprint density at radius 1 is 1.35 bits per heavy atom. The third kappa shape index (κ3) is 3.07. The first-order valence-corrected chi connectivity index (χ1v) is 7.51. The standard InChI is InChI=1S/C15H28N2O3/c1-6-7-12(4)16(5)14(20)17-9-8-15(10-17,11(2)3)13(18)19/h11-12H,6-10H2,1-5H3,(H,18,19). The Labute approximate surface area is 121 Å². The lowest BCUT2D eigenvalue weighted by Gasteiger charge is -2.32. The Balaban J connectivity index is 2.76. The first-order valence-electron chi connectivity index (χ1n) is 7.51. The molecule has 1 rings (SSSR count). The summed E-state index contributed by atoms with van der Waals surface area (Å²) in [7, 11) is 1.80. The summed E-state index contributed by atoms with van der Waals surface area (Å²) in [4.78, 5) is 27.5. The van der Waals surface area contributed by atoms with Crippen LogP contribution in [-0.4, -0.2) is 53.1 Å². The molecule has 0 bridgehead atoms. The normalized spacial score (nSPS) is 24.0. The molecule has 20 heavy (non-hydrogen) atoms. The molecule has 1 saturated heterocycles. The molecule has 0 radical (unpaired) electrons. The van der Waals surface area contributed by atoms with Crippen LogP contribution < -0.4 is 0 Å². The molecular formula is C15H28N2O3. The molecule has 1 aliphatic rings. The van der Waals surface area contributed by atoms with Crippen LogP contribution in [0.25, 0.3) is 0 Å². The van der Waals surface area contributed by atoms with Crippen LogP contribution in [0.15, 0.2) is 0 Å². The van der Waals surface area contributed by atoms with Crippen molar-refractivity contribution in [1.82, 2.24) is 9.80 Å². The number of nitrogens with zero attached hydrogens (tertiary/aromatic N) is 2. The Bertz CT molecular complexity index is 370. The molecule has 5 nitrogen and oxygen atoms in total. The van der Waals surface area contributed by atoms with Crippen LogP contribution in [0.1, 0.15) is 47.0 Å². The van der Waals surface area contributed by atoms with Crippen LogP contribution in [0, 0.1) is 11.3 Å². The predicted molar refractivity (Wildman–Crippen MR) is 78.6 cm³/mol. The molecule has 2 atom stereocenters. The fraction of sp³-hybridized carbons (Fsp3) is 0.867. The van der Waals surface area contributed by atoms with Gasteiger partial charge in [-0.2, -0.15) is 0 Å². The minimum Gasteiger partial charge on any atom is -0.481 e. The molecule has 1 fully saturated rings.